The van der Waals surface area contributed by atoms with Crippen LogP contribution in [-0.2, 0) is 0 Å². The number of thiophene rings is 1. The van der Waals surface area contributed by atoms with Crippen molar-refractivity contribution in [2.24, 2.45) is 0 Å². The lowest BCUT2D eigenvalue weighted by Crippen LogP contribution is -2.00. The molecule has 0 saturated heterocycles. The Hall–Kier alpha value is -8.39. The van der Waals surface area contributed by atoms with Gasteiger partial charge in [0, 0.05) is 74.9 Å². The summed E-state index contributed by atoms with van der Waals surface area (Å²) in [7, 11) is 0. The second-order valence-corrected chi connectivity index (χ2v) is 17.4. The Balaban J connectivity index is 1.04. The van der Waals surface area contributed by atoms with Crippen molar-refractivity contribution < 1.29 is 4.42 Å². The molecule has 0 amide bonds. The van der Waals surface area contributed by atoms with Crippen LogP contribution in [0.5, 0.6) is 0 Å². The van der Waals surface area contributed by atoms with Crippen LogP contribution in [-0.4, -0.2) is 24.1 Å². The number of para-hydroxylation sites is 4. The van der Waals surface area contributed by atoms with E-state index in [4.69, 9.17) is 19.4 Å². The average Bonchev–Trinajstić information content (AvgIpc) is 4.11. The van der Waals surface area contributed by atoms with Crippen molar-refractivity contribution in [1.82, 2.24) is 24.1 Å². The largest absolute Gasteiger partial charge is 0.454 e. The average molecular weight is 836 g/mol. The van der Waals surface area contributed by atoms with Crippen molar-refractivity contribution in [1.29, 1.82) is 0 Å². The third kappa shape index (κ3) is 5.16. The molecule has 5 heterocycles. The molecule has 7 heteroatoms. The summed E-state index contributed by atoms with van der Waals surface area (Å²) in [5.74, 6) is 1.95. The minimum atomic E-state index is 0.647. The SMILES string of the molecule is c1ccc(-c2nc(-c3ccccc3)nc(-c3cccc4c3sc3cc5c6ccc(-n7c8ccccc8c8ccccc87)cc6n(-c6cccc7c6oc6ccccc67)c5cc34)n2)cc1. The quantitative estimate of drug-likeness (QED) is 0.173. The zero-order chi connectivity index (χ0) is 41.9. The number of furan rings is 1. The topological polar surface area (TPSA) is 61.7 Å². The summed E-state index contributed by atoms with van der Waals surface area (Å²) in [5, 5.41) is 9.36. The highest BCUT2D eigenvalue weighted by atomic mass is 32.1. The highest BCUT2D eigenvalue weighted by Gasteiger charge is 2.23. The van der Waals surface area contributed by atoms with E-state index in [1.807, 2.05) is 42.5 Å². The molecule has 0 radical (unpaired) electrons. The van der Waals surface area contributed by atoms with E-state index in [2.05, 4.69) is 167 Å². The highest BCUT2D eigenvalue weighted by Crippen LogP contribution is 2.45. The number of hydrogen-bond acceptors (Lipinski definition) is 5. The summed E-state index contributed by atoms with van der Waals surface area (Å²) in [6.45, 7) is 0. The Morgan fingerprint density at radius 2 is 0.953 bits per heavy atom. The Morgan fingerprint density at radius 1 is 0.375 bits per heavy atom. The minimum absolute atomic E-state index is 0.647. The molecular weight excluding hydrogens is 803 g/mol. The second kappa shape index (κ2) is 13.6. The van der Waals surface area contributed by atoms with Crippen LogP contribution in [0.1, 0.15) is 0 Å². The summed E-state index contributed by atoms with van der Waals surface area (Å²) in [4.78, 5) is 15.3. The fourth-order valence-corrected chi connectivity index (χ4v) is 11.1. The number of nitrogens with zero attached hydrogens (tertiary/aromatic N) is 5. The molecule has 298 valence electrons. The molecule has 9 aromatic carbocycles. The van der Waals surface area contributed by atoms with Gasteiger partial charge in [-0.05, 0) is 54.6 Å². The van der Waals surface area contributed by atoms with Gasteiger partial charge in [-0.1, -0.05) is 146 Å². The second-order valence-electron chi connectivity index (χ2n) is 16.3. The third-order valence-corrected chi connectivity index (χ3v) is 14.0. The van der Waals surface area contributed by atoms with Crippen molar-refractivity contribution in [3.05, 3.63) is 200 Å². The van der Waals surface area contributed by atoms with Gasteiger partial charge in [-0.3, -0.25) is 0 Å². The Labute approximate surface area is 369 Å². The molecule has 0 aliphatic rings. The van der Waals surface area contributed by atoms with Crippen molar-refractivity contribution in [2.45, 2.75) is 0 Å². The van der Waals surface area contributed by atoms with Crippen LogP contribution in [0.4, 0.5) is 0 Å². The summed E-state index contributed by atoms with van der Waals surface area (Å²) in [6, 6.07) is 70.8. The van der Waals surface area contributed by atoms with Crippen LogP contribution in [0.2, 0.25) is 0 Å². The van der Waals surface area contributed by atoms with Crippen molar-refractivity contribution in [3.63, 3.8) is 0 Å². The molecule has 64 heavy (non-hydrogen) atoms. The first-order valence-corrected chi connectivity index (χ1v) is 22.3. The van der Waals surface area contributed by atoms with Crippen molar-refractivity contribution in [2.75, 3.05) is 0 Å². The van der Waals surface area contributed by atoms with E-state index >= 15 is 0 Å². The highest BCUT2D eigenvalue weighted by molar-refractivity contribution is 7.26. The van der Waals surface area contributed by atoms with Crippen LogP contribution in [0, 0.1) is 0 Å². The lowest BCUT2D eigenvalue weighted by atomic mass is 10.1. The lowest BCUT2D eigenvalue weighted by molar-refractivity contribution is 0.666. The monoisotopic (exact) mass is 835 g/mol. The zero-order valence-electron chi connectivity index (χ0n) is 34.1. The molecule has 0 bridgehead atoms. The number of rotatable bonds is 5. The first-order chi connectivity index (χ1) is 31.7. The van der Waals surface area contributed by atoms with E-state index in [0.29, 0.717) is 17.5 Å². The van der Waals surface area contributed by atoms with Gasteiger partial charge in [-0.2, -0.15) is 0 Å². The third-order valence-electron chi connectivity index (χ3n) is 12.8. The lowest BCUT2D eigenvalue weighted by Gasteiger charge is -2.11. The van der Waals surface area contributed by atoms with Gasteiger partial charge in [-0.15, -0.1) is 11.3 Å². The molecule has 0 N–H and O–H groups in total. The van der Waals surface area contributed by atoms with Gasteiger partial charge in [0.25, 0.3) is 0 Å². The fourth-order valence-electron chi connectivity index (χ4n) is 9.91. The van der Waals surface area contributed by atoms with Gasteiger partial charge < -0.3 is 13.6 Å². The molecule has 0 unspecified atom stereocenters. The van der Waals surface area contributed by atoms with Gasteiger partial charge in [0.2, 0.25) is 0 Å². The van der Waals surface area contributed by atoms with Crippen molar-refractivity contribution in [3.8, 4) is 45.5 Å². The number of benzene rings is 9. The number of hydrogen-bond donors (Lipinski definition) is 0. The van der Waals surface area contributed by atoms with E-state index < -0.39 is 0 Å². The molecule has 0 aliphatic carbocycles. The van der Waals surface area contributed by atoms with Crippen LogP contribution in [0.25, 0.3) is 131 Å². The van der Waals surface area contributed by atoms with E-state index in [9.17, 15) is 0 Å². The van der Waals surface area contributed by atoms with Crippen LogP contribution in [0.15, 0.2) is 205 Å². The van der Waals surface area contributed by atoms with Gasteiger partial charge in [0.15, 0.2) is 23.1 Å². The Bertz CT molecular complexity index is 4090. The molecule has 6 nitrogen and oxygen atoms in total. The summed E-state index contributed by atoms with van der Waals surface area (Å²) < 4.78 is 13.9. The van der Waals surface area contributed by atoms with E-state index in [0.717, 1.165) is 71.1 Å². The van der Waals surface area contributed by atoms with Crippen molar-refractivity contribution >= 4 is 97.1 Å². The molecule has 0 atom stereocenters. The van der Waals surface area contributed by atoms with Gasteiger partial charge in [0.1, 0.15) is 5.58 Å². The zero-order valence-corrected chi connectivity index (χ0v) is 34.9. The Kier molecular flexibility index (Phi) is 7.46. The minimum Gasteiger partial charge on any atom is -0.454 e. The van der Waals surface area contributed by atoms with Crippen LogP contribution < -0.4 is 0 Å². The molecule has 14 rings (SSSR count). The standard InChI is InChI=1S/C57H33N5OS/c1-3-15-34(16-4-1)55-58-56(35-17-5-2-6-18-35)60-57(59-55)43-24-13-23-42-45-32-50-44(33-52(45)64-54(42)43)39-30-29-36(61-46-25-10-7-19-37(46)38-20-8-11-26-47(38)61)31-49(39)62(50)48-27-14-22-41-40-21-9-12-28-51(40)63-53(41)48/h1-33H. The molecular formula is C57H33N5OS. The molecule has 14 aromatic rings. The molecule has 5 aromatic heterocycles. The van der Waals surface area contributed by atoms with E-state index in [1.165, 1.54) is 42.7 Å². The number of fused-ring (bicyclic) bond motifs is 12. The molecule has 0 saturated carbocycles. The van der Waals surface area contributed by atoms with Gasteiger partial charge in [0.05, 0.1) is 27.8 Å². The van der Waals surface area contributed by atoms with Crippen LogP contribution >= 0.6 is 11.3 Å². The van der Waals surface area contributed by atoms with E-state index in [-0.39, 0.29) is 0 Å². The van der Waals surface area contributed by atoms with E-state index in [1.54, 1.807) is 11.3 Å². The van der Waals surface area contributed by atoms with Gasteiger partial charge >= 0.3 is 0 Å². The molecule has 0 fully saturated rings. The Morgan fingerprint density at radius 3 is 1.69 bits per heavy atom. The maximum absolute atomic E-state index is 6.77. The summed E-state index contributed by atoms with van der Waals surface area (Å²) >= 11 is 1.79. The van der Waals surface area contributed by atoms with Gasteiger partial charge in [-0.25, -0.2) is 15.0 Å². The van der Waals surface area contributed by atoms with Crippen LogP contribution in [0.3, 0.4) is 0 Å². The summed E-state index contributed by atoms with van der Waals surface area (Å²) in [6.07, 6.45) is 0. The molecule has 0 aliphatic heterocycles. The first-order valence-electron chi connectivity index (χ1n) is 21.4. The smallest absolute Gasteiger partial charge is 0.165 e. The fraction of sp³-hybridized carbons (Fsp3) is 0. The maximum atomic E-state index is 6.77. The normalized spacial score (nSPS) is 12.1. The maximum Gasteiger partial charge on any atom is 0.165 e. The number of aromatic nitrogens is 5. The predicted molar refractivity (Wildman–Crippen MR) is 265 cm³/mol. The first kappa shape index (κ1) is 35.2. The summed E-state index contributed by atoms with van der Waals surface area (Å²) in [5.41, 5.74) is 11.3. The predicted octanol–water partition coefficient (Wildman–Crippen LogP) is 15.3. The molecule has 0 spiro atoms.